The molecular formula is C9H15NO. The topological polar surface area (TPSA) is 20.3 Å². The van der Waals surface area contributed by atoms with Crippen LogP contribution in [0, 0.1) is 5.92 Å². The molecule has 0 N–H and O–H groups in total. The van der Waals surface area contributed by atoms with Gasteiger partial charge in [-0.2, -0.15) is 0 Å². The van der Waals surface area contributed by atoms with Gasteiger partial charge in [0.15, 0.2) is 0 Å². The van der Waals surface area contributed by atoms with Crippen LogP contribution in [0.25, 0.3) is 0 Å². The van der Waals surface area contributed by atoms with Gasteiger partial charge in [-0.05, 0) is 25.3 Å². The van der Waals surface area contributed by atoms with E-state index in [0.717, 1.165) is 6.42 Å². The molecule has 0 spiro atoms. The summed E-state index contributed by atoms with van der Waals surface area (Å²) >= 11 is 0. The third-order valence-electron chi connectivity index (χ3n) is 2.55. The summed E-state index contributed by atoms with van der Waals surface area (Å²) in [5.41, 5.74) is 0. The second-order valence-corrected chi connectivity index (χ2v) is 3.31. The Kier molecular flexibility index (Phi) is 2.32. The van der Waals surface area contributed by atoms with E-state index in [2.05, 4.69) is 13.8 Å². The number of hydrogen-bond acceptors (Lipinski definition) is 1. The van der Waals surface area contributed by atoms with Crippen molar-refractivity contribution in [1.29, 1.82) is 0 Å². The van der Waals surface area contributed by atoms with E-state index in [4.69, 9.17) is 0 Å². The average molecular weight is 153 g/mol. The van der Waals surface area contributed by atoms with Gasteiger partial charge in [0.05, 0.1) is 0 Å². The van der Waals surface area contributed by atoms with E-state index in [0.29, 0.717) is 12.0 Å². The predicted molar refractivity (Wildman–Crippen MR) is 45.2 cm³/mol. The molecule has 0 saturated carbocycles. The number of amides is 1. The summed E-state index contributed by atoms with van der Waals surface area (Å²) in [7, 11) is 1.86. The van der Waals surface area contributed by atoms with Crippen LogP contribution in [0.15, 0.2) is 12.2 Å². The number of likely N-dealkylation sites (N-methyl/N-ethyl adjacent to an activating group) is 1. The molecule has 0 radical (unpaired) electrons. The smallest absolute Gasteiger partial charge is 0.246 e. The minimum atomic E-state index is 0.127. The van der Waals surface area contributed by atoms with Crippen LogP contribution in [0.2, 0.25) is 0 Å². The maximum absolute atomic E-state index is 11.2. The van der Waals surface area contributed by atoms with E-state index in [1.807, 2.05) is 13.1 Å². The average Bonchev–Trinajstić information content (AvgIpc) is 2.07. The molecule has 2 heteroatoms. The SMILES string of the molecule is CC1CC=CC(=O)N(C)C1C. The lowest BCUT2D eigenvalue weighted by molar-refractivity contribution is -0.126. The van der Waals surface area contributed by atoms with Gasteiger partial charge >= 0.3 is 0 Å². The molecule has 0 aromatic rings. The van der Waals surface area contributed by atoms with Gasteiger partial charge in [-0.3, -0.25) is 4.79 Å². The minimum Gasteiger partial charge on any atom is -0.339 e. The van der Waals surface area contributed by atoms with E-state index >= 15 is 0 Å². The fourth-order valence-electron chi connectivity index (χ4n) is 1.28. The zero-order chi connectivity index (χ0) is 8.43. The quantitative estimate of drug-likeness (QED) is 0.515. The van der Waals surface area contributed by atoms with Crippen molar-refractivity contribution in [1.82, 2.24) is 4.90 Å². The maximum Gasteiger partial charge on any atom is 0.246 e. The van der Waals surface area contributed by atoms with Gasteiger partial charge in [0.2, 0.25) is 5.91 Å². The Morgan fingerprint density at radius 1 is 1.55 bits per heavy atom. The second-order valence-electron chi connectivity index (χ2n) is 3.31. The number of hydrogen-bond donors (Lipinski definition) is 0. The summed E-state index contributed by atoms with van der Waals surface area (Å²) in [6.45, 7) is 4.26. The van der Waals surface area contributed by atoms with Crippen LogP contribution in [0.1, 0.15) is 20.3 Å². The van der Waals surface area contributed by atoms with E-state index < -0.39 is 0 Å². The summed E-state index contributed by atoms with van der Waals surface area (Å²) in [5, 5.41) is 0. The van der Waals surface area contributed by atoms with Crippen molar-refractivity contribution < 1.29 is 4.79 Å². The highest BCUT2D eigenvalue weighted by atomic mass is 16.2. The van der Waals surface area contributed by atoms with Crippen molar-refractivity contribution in [2.24, 2.45) is 5.92 Å². The number of allylic oxidation sites excluding steroid dienone is 1. The Morgan fingerprint density at radius 3 is 2.82 bits per heavy atom. The van der Waals surface area contributed by atoms with Crippen LogP contribution in [-0.4, -0.2) is 23.9 Å². The van der Waals surface area contributed by atoms with Crippen LogP contribution in [-0.2, 0) is 4.79 Å². The minimum absolute atomic E-state index is 0.127. The monoisotopic (exact) mass is 153 g/mol. The van der Waals surface area contributed by atoms with Gasteiger partial charge in [0, 0.05) is 13.1 Å². The summed E-state index contributed by atoms with van der Waals surface area (Å²) in [6.07, 6.45) is 4.64. The molecule has 1 aliphatic rings. The summed E-state index contributed by atoms with van der Waals surface area (Å²) < 4.78 is 0. The normalized spacial score (nSPS) is 32.3. The van der Waals surface area contributed by atoms with Crippen molar-refractivity contribution >= 4 is 5.91 Å². The standard InChI is InChI=1S/C9H15NO/c1-7-5-4-6-9(11)10(3)8(7)2/h4,6-8H,5H2,1-3H3. The summed E-state index contributed by atoms with van der Waals surface area (Å²) in [4.78, 5) is 13.0. The van der Waals surface area contributed by atoms with Crippen molar-refractivity contribution in [3.63, 3.8) is 0 Å². The molecule has 2 unspecified atom stereocenters. The zero-order valence-electron chi connectivity index (χ0n) is 7.37. The predicted octanol–water partition coefficient (Wildman–Crippen LogP) is 1.43. The molecule has 11 heavy (non-hydrogen) atoms. The molecule has 62 valence electrons. The van der Waals surface area contributed by atoms with Crippen molar-refractivity contribution in [3.05, 3.63) is 12.2 Å². The summed E-state index contributed by atoms with van der Waals surface area (Å²) in [6, 6.07) is 0.359. The number of rotatable bonds is 0. The van der Waals surface area contributed by atoms with Crippen molar-refractivity contribution in [3.8, 4) is 0 Å². The largest absolute Gasteiger partial charge is 0.339 e. The van der Waals surface area contributed by atoms with Crippen molar-refractivity contribution in [2.45, 2.75) is 26.3 Å². The number of carbonyl (C=O) groups excluding carboxylic acids is 1. The Labute approximate surface area is 67.9 Å². The van der Waals surface area contributed by atoms with Gasteiger partial charge < -0.3 is 4.90 Å². The molecule has 1 amide bonds. The Morgan fingerprint density at radius 2 is 2.18 bits per heavy atom. The maximum atomic E-state index is 11.2. The van der Waals surface area contributed by atoms with E-state index in [-0.39, 0.29) is 5.91 Å². The third kappa shape index (κ3) is 1.62. The molecule has 0 fully saturated rings. The molecule has 2 nitrogen and oxygen atoms in total. The molecule has 0 bridgehead atoms. The van der Waals surface area contributed by atoms with Gasteiger partial charge in [0.1, 0.15) is 0 Å². The van der Waals surface area contributed by atoms with Gasteiger partial charge in [-0.25, -0.2) is 0 Å². The summed E-state index contributed by atoms with van der Waals surface area (Å²) in [5.74, 6) is 0.699. The lowest BCUT2D eigenvalue weighted by Crippen LogP contribution is -2.36. The van der Waals surface area contributed by atoms with Gasteiger partial charge in [-0.1, -0.05) is 13.0 Å². The van der Waals surface area contributed by atoms with Crippen LogP contribution in [0.4, 0.5) is 0 Å². The fraction of sp³-hybridized carbons (Fsp3) is 0.667. The lowest BCUT2D eigenvalue weighted by atomic mass is 10.0. The molecule has 2 atom stereocenters. The Bertz CT molecular complexity index is 186. The first-order valence-corrected chi connectivity index (χ1v) is 4.06. The Balaban J connectivity index is 2.76. The molecule has 1 heterocycles. The molecule has 1 rings (SSSR count). The highest BCUT2D eigenvalue weighted by molar-refractivity contribution is 5.87. The van der Waals surface area contributed by atoms with Crippen molar-refractivity contribution in [2.75, 3.05) is 7.05 Å². The number of carbonyl (C=O) groups is 1. The lowest BCUT2D eigenvalue weighted by Gasteiger charge is -2.26. The van der Waals surface area contributed by atoms with Gasteiger partial charge in [-0.15, -0.1) is 0 Å². The molecule has 0 aromatic heterocycles. The molecule has 0 saturated heterocycles. The van der Waals surface area contributed by atoms with Gasteiger partial charge in [0.25, 0.3) is 0 Å². The molecule has 0 aliphatic carbocycles. The first kappa shape index (κ1) is 8.31. The zero-order valence-corrected chi connectivity index (χ0v) is 7.37. The highest BCUT2D eigenvalue weighted by Gasteiger charge is 2.21. The van der Waals surface area contributed by atoms with E-state index in [9.17, 15) is 4.79 Å². The molecular weight excluding hydrogens is 138 g/mol. The Hall–Kier alpha value is -0.790. The van der Waals surface area contributed by atoms with Crippen LogP contribution in [0.3, 0.4) is 0 Å². The first-order chi connectivity index (χ1) is 5.13. The molecule has 0 aromatic carbocycles. The molecule has 1 aliphatic heterocycles. The van der Waals surface area contributed by atoms with Crippen LogP contribution >= 0.6 is 0 Å². The second kappa shape index (κ2) is 3.07. The van der Waals surface area contributed by atoms with E-state index in [1.54, 1.807) is 11.0 Å². The fourth-order valence-corrected chi connectivity index (χ4v) is 1.28. The third-order valence-corrected chi connectivity index (χ3v) is 2.55. The number of nitrogens with zero attached hydrogens (tertiary/aromatic N) is 1. The highest BCUT2D eigenvalue weighted by Crippen LogP contribution is 2.17. The van der Waals surface area contributed by atoms with Crippen LogP contribution < -0.4 is 0 Å². The van der Waals surface area contributed by atoms with E-state index in [1.165, 1.54) is 0 Å². The first-order valence-electron chi connectivity index (χ1n) is 4.06. The van der Waals surface area contributed by atoms with Crippen LogP contribution in [0.5, 0.6) is 0 Å².